The smallest absolute Gasteiger partial charge is 0.335 e. The Balaban J connectivity index is 1.79. The molecule has 0 aliphatic heterocycles. The van der Waals surface area contributed by atoms with Crippen LogP contribution in [0.1, 0.15) is 15.9 Å². The molecule has 2 rings (SSSR count). The Hall–Kier alpha value is -2.83. The van der Waals surface area contributed by atoms with Crippen molar-refractivity contribution in [2.75, 3.05) is 11.9 Å². The van der Waals surface area contributed by atoms with Crippen LogP contribution in [0.25, 0.3) is 0 Å². The molecule has 1 heterocycles. The van der Waals surface area contributed by atoms with Crippen LogP contribution in [0.15, 0.2) is 36.7 Å². The van der Waals surface area contributed by atoms with E-state index in [4.69, 9.17) is 5.11 Å². The molecule has 0 spiro atoms. The zero-order valence-electron chi connectivity index (χ0n) is 10.6. The molecule has 104 valence electrons. The molecule has 2 aromatic rings. The molecule has 1 aromatic carbocycles. The van der Waals surface area contributed by atoms with Gasteiger partial charge in [0.15, 0.2) is 0 Å². The number of rotatable bonds is 5. The molecule has 4 N–H and O–H groups in total. The average Bonchev–Trinajstić information content (AvgIpc) is 2.92. The van der Waals surface area contributed by atoms with Crippen LogP contribution >= 0.6 is 0 Å². The lowest BCUT2D eigenvalue weighted by Crippen LogP contribution is -2.30. The fourth-order valence-corrected chi connectivity index (χ4v) is 1.67. The van der Waals surface area contributed by atoms with Crippen molar-refractivity contribution >= 4 is 17.7 Å². The lowest BCUT2D eigenvalue weighted by molar-refractivity contribution is 0.0696. The highest BCUT2D eigenvalue weighted by molar-refractivity contribution is 5.89. The minimum atomic E-state index is -0.961. The summed E-state index contributed by atoms with van der Waals surface area (Å²) < 4.78 is 0. The molecule has 0 saturated heterocycles. The van der Waals surface area contributed by atoms with Crippen LogP contribution in [0, 0.1) is 0 Å². The first-order valence-corrected chi connectivity index (χ1v) is 6.01. The lowest BCUT2D eigenvalue weighted by Gasteiger charge is -2.06. The van der Waals surface area contributed by atoms with Gasteiger partial charge in [-0.1, -0.05) is 12.1 Å². The van der Waals surface area contributed by atoms with Gasteiger partial charge < -0.3 is 15.7 Å². The minimum absolute atomic E-state index is 0.241. The van der Waals surface area contributed by atoms with Gasteiger partial charge in [0, 0.05) is 12.7 Å². The number of carboxylic acid groups (broad SMARTS) is 1. The number of nitrogens with one attached hydrogen (secondary N) is 3. The number of carbonyl (C=O) groups excluding carboxylic acids is 1. The molecule has 1 aromatic heterocycles. The van der Waals surface area contributed by atoms with Gasteiger partial charge in [-0.25, -0.2) is 9.59 Å². The van der Waals surface area contributed by atoms with Crippen LogP contribution < -0.4 is 10.6 Å². The van der Waals surface area contributed by atoms with E-state index >= 15 is 0 Å². The highest BCUT2D eigenvalue weighted by atomic mass is 16.4. The minimum Gasteiger partial charge on any atom is -0.478 e. The highest BCUT2D eigenvalue weighted by Gasteiger charge is 2.04. The number of urea groups is 1. The summed E-state index contributed by atoms with van der Waals surface area (Å²) in [5, 5.41) is 20.4. The van der Waals surface area contributed by atoms with Gasteiger partial charge in [0.1, 0.15) is 0 Å². The molecule has 0 aliphatic carbocycles. The van der Waals surface area contributed by atoms with Crippen molar-refractivity contribution in [1.29, 1.82) is 0 Å². The summed E-state index contributed by atoms with van der Waals surface area (Å²) in [4.78, 5) is 22.3. The second-order valence-corrected chi connectivity index (χ2v) is 4.12. The number of hydrogen-bond donors (Lipinski definition) is 4. The second kappa shape index (κ2) is 6.37. The first-order chi connectivity index (χ1) is 9.65. The Labute approximate surface area is 115 Å². The number of aromatic amines is 1. The van der Waals surface area contributed by atoms with Gasteiger partial charge in [-0.3, -0.25) is 5.10 Å². The van der Waals surface area contributed by atoms with E-state index in [0.29, 0.717) is 18.7 Å². The molecule has 0 fully saturated rings. The number of H-pyrrole nitrogens is 1. The maximum absolute atomic E-state index is 11.5. The zero-order chi connectivity index (χ0) is 14.4. The summed E-state index contributed by atoms with van der Waals surface area (Å²) in [7, 11) is 0. The molecule has 7 nitrogen and oxygen atoms in total. The Morgan fingerprint density at radius 1 is 1.35 bits per heavy atom. The molecule has 20 heavy (non-hydrogen) atoms. The monoisotopic (exact) mass is 274 g/mol. The van der Waals surface area contributed by atoms with E-state index < -0.39 is 5.97 Å². The van der Waals surface area contributed by atoms with Crippen molar-refractivity contribution in [2.45, 2.75) is 6.42 Å². The van der Waals surface area contributed by atoms with Gasteiger partial charge in [0.2, 0.25) is 0 Å². The van der Waals surface area contributed by atoms with Gasteiger partial charge in [-0.2, -0.15) is 5.10 Å². The Bertz CT molecular complexity index is 595. The van der Waals surface area contributed by atoms with Gasteiger partial charge >= 0.3 is 12.0 Å². The fourth-order valence-electron chi connectivity index (χ4n) is 1.67. The van der Waals surface area contributed by atoms with Crippen LogP contribution in [0.3, 0.4) is 0 Å². The van der Waals surface area contributed by atoms with Gasteiger partial charge in [-0.15, -0.1) is 0 Å². The summed E-state index contributed by atoms with van der Waals surface area (Å²) >= 11 is 0. The SMILES string of the molecule is O=C(NCCc1cccc(C(=O)O)c1)Nc1cn[nH]c1. The van der Waals surface area contributed by atoms with Crippen molar-refractivity contribution in [3.63, 3.8) is 0 Å². The Morgan fingerprint density at radius 3 is 2.90 bits per heavy atom. The van der Waals surface area contributed by atoms with Crippen LogP contribution in [-0.2, 0) is 6.42 Å². The molecule has 7 heteroatoms. The maximum atomic E-state index is 11.5. The summed E-state index contributed by atoms with van der Waals surface area (Å²) in [6.45, 7) is 0.409. The van der Waals surface area contributed by atoms with Crippen molar-refractivity contribution in [2.24, 2.45) is 0 Å². The molecular weight excluding hydrogens is 260 g/mol. The normalized spacial score (nSPS) is 10.0. The van der Waals surface area contributed by atoms with Crippen molar-refractivity contribution < 1.29 is 14.7 Å². The number of hydrogen-bond acceptors (Lipinski definition) is 3. The van der Waals surface area contributed by atoms with Crippen LogP contribution in [-0.4, -0.2) is 33.8 Å². The molecule has 0 bridgehead atoms. The summed E-state index contributed by atoms with van der Waals surface area (Å²) in [5.74, 6) is -0.961. The summed E-state index contributed by atoms with van der Waals surface area (Å²) in [5.41, 5.74) is 1.68. The molecule has 0 aliphatic rings. The zero-order valence-corrected chi connectivity index (χ0v) is 10.6. The number of aromatic nitrogens is 2. The first kappa shape index (κ1) is 13.6. The number of carbonyl (C=O) groups is 2. The van der Waals surface area contributed by atoms with E-state index in [9.17, 15) is 9.59 Å². The van der Waals surface area contributed by atoms with Crippen molar-refractivity contribution in [1.82, 2.24) is 15.5 Å². The molecule has 0 radical (unpaired) electrons. The Morgan fingerprint density at radius 2 is 2.20 bits per heavy atom. The largest absolute Gasteiger partial charge is 0.478 e. The average molecular weight is 274 g/mol. The summed E-state index contributed by atoms with van der Waals surface area (Å²) in [6, 6.07) is 6.30. The lowest BCUT2D eigenvalue weighted by atomic mass is 10.1. The number of aromatic carboxylic acids is 1. The quantitative estimate of drug-likeness (QED) is 0.662. The van der Waals surface area contributed by atoms with Gasteiger partial charge in [0.25, 0.3) is 0 Å². The number of anilines is 1. The number of carboxylic acids is 1. The van der Waals surface area contributed by atoms with Gasteiger partial charge in [0.05, 0.1) is 17.4 Å². The van der Waals surface area contributed by atoms with Crippen LogP contribution in [0.2, 0.25) is 0 Å². The van der Waals surface area contributed by atoms with Crippen LogP contribution in [0.4, 0.5) is 10.5 Å². The van der Waals surface area contributed by atoms with Crippen molar-refractivity contribution in [3.05, 3.63) is 47.8 Å². The molecule has 0 atom stereocenters. The third-order valence-corrected chi connectivity index (χ3v) is 2.63. The van der Waals surface area contributed by atoms with E-state index in [2.05, 4.69) is 20.8 Å². The first-order valence-electron chi connectivity index (χ1n) is 6.01. The summed E-state index contributed by atoms with van der Waals surface area (Å²) in [6.07, 6.45) is 3.62. The van der Waals surface area contributed by atoms with E-state index in [1.54, 1.807) is 18.3 Å². The van der Waals surface area contributed by atoms with E-state index in [1.165, 1.54) is 12.3 Å². The van der Waals surface area contributed by atoms with Gasteiger partial charge in [-0.05, 0) is 24.1 Å². The highest BCUT2D eigenvalue weighted by Crippen LogP contribution is 2.06. The predicted molar refractivity (Wildman–Crippen MR) is 72.7 cm³/mol. The Kier molecular flexibility index (Phi) is 4.33. The van der Waals surface area contributed by atoms with E-state index in [-0.39, 0.29) is 11.6 Å². The maximum Gasteiger partial charge on any atom is 0.335 e. The van der Waals surface area contributed by atoms with E-state index in [1.807, 2.05) is 6.07 Å². The number of nitrogens with zero attached hydrogens (tertiary/aromatic N) is 1. The van der Waals surface area contributed by atoms with Crippen LogP contribution in [0.5, 0.6) is 0 Å². The number of amides is 2. The standard InChI is InChI=1S/C13H14N4O3/c18-12(19)10-3-1-2-9(6-10)4-5-14-13(20)17-11-7-15-16-8-11/h1-3,6-8H,4-5H2,(H,15,16)(H,18,19)(H2,14,17,20). The van der Waals surface area contributed by atoms with E-state index in [0.717, 1.165) is 5.56 Å². The fraction of sp³-hybridized carbons (Fsp3) is 0.154. The predicted octanol–water partition coefficient (Wildman–Crippen LogP) is 1.47. The topological polar surface area (TPSA) is 107 Å². The molecule has 0 unspecified atom stereocenters. The van der Waals surface area contributed by atoms with Crippen molar-refractivity contribution in [3.8, 4) is 0 Å². The third-order valence-electron chi connectivity index (χ3n) is 2.63. The second-order valence-electron chi connectivity index (χ2n) is 4.12. The molecule has 2 amide bonds. The number of benzene rings is 1. The molecule has 0 saturated carbocycles. The third kappa shape index (κ3) is 3.84. The molecular formula is C13H14N4O3.